The molecule has 2 aliphatic rings. The highest BCUT2D eigenvalue weighted by Crippen LogP contribution is 2.38. The van der Waals surface area contributed by atoms with E-state index in [0.29, 0.717) is 30.4 Å². The molecule has 0 spiro atoms. The van der Waals surface area contributed by atoms with E-state index in [-0.39, 0.29) is 24.3 Å². The molecule has 6 nitrogen and oxygen atoms in total. The van der Waals surface area contributed by atoms with Gasteiger partial charge in [-0.2, -0.15) is 0 Å². The number of aryl methyl sites for hydroxylation is 1. The van der Waals surface area contributed by atoms with Gasteiger partial charge in [0.25, 0.3) is 0 Å². The lowest BCUT2D eigenvalue weighted by Gasteiger charge is -2.34. The average Bonchev–Trinajstić information content (AvgIpc) is 3.41. The Morgan fingerprint density at radius 1 is 1.00 bits per heavy atom. The molecule has 1 aromatic heterocycles. The highest BCUT2D eigenvalue weighted by Gasteiger charge is 2.35. The van der Waals surface area contributed by atoms with E-state index in [1.165, 1.54) is 6.42 Å². The first kappa shape index (κ1) is 24.4. The van der Waals surface area contributed by atoms with E-state index >= 15 is 0 Å². The molecule has 2 aromatic carbocycles. The van der Waals surface area contributed by atoms with Crippen LogP contribution in [0.3, 0.4) is 0 Å². The van der Waals surface area contributed by atoms with Crippen molar-refractivity contribution in [1.82, 2.24) is 5.32 Å². The summed E-state index contributed by atoms with van der Waals surface area (Å²) in [5.74, 6) is 0.949. The van der Waals surface area contributed by atoms with Gasteiger partial charge in [-0.3, -0.25) is 14.5 Å². The maximum atomic E-state index is 14.0. The Morgan fingerprint density at radius 2 is 1.78 bits per heavy atom. The first-order chi connectivity index (χ1) is 17.6. The van der Waals surface area contributed by atoms with Gasteiger partial charge < -0.3 is 14.8 Å². The molecule has 7 heteroatoms. The van der Waals surface area contributed by atoms with Crippen LogP contribution in [0.1, 0.15) is 54.1 Å². The maximum Gasteiger partial charge on any atom is 0.248 e. The lowest BCUT2D eigenvalue weighted by Crippen LogP contribution is -2.48. The number of nitrogens with one attached hydrogen (secondary N) is 1. The maximum absolute atomic E-state index is 14.0. The minimum absolute atomic E-state index is 0.132. The molecule has 0 saturated heterocycles. The van der Waals surface area contributed by atoms with Crippen LogP contribution in [0.15, 0.2) is 60.0 Å². The largest absolute Gasteiger partial charge is 0.486 e. The minimum Gasteiger partial charge on any atom is -0.486 e. The van der Waals surface area contributed by atoms with Crippen molar-refractivity contribution in [2.45, 2.75) is 57.5 Å². The van der Waals surface area contributed by atoms with Gasteiger partial charge in [0.2, 0.25) is 11.8 Å². The molecule has 1 saturated carbocycles. The number of carbonyl (C=O) groups excluding carboxylic acids is 2. The van der Waals surface area contributed by atoms with E-state index in [1.54, 1.807) is 16.2 Å². The summed E-state index contributed by atoms with van der Waals surface area (Å²) in [7, 11) is 0. The summed E-state index contributed by atoms with van der Waals surface area (Å²) in [6.07, 6.45) is 5.59. The molecule has 0 radical (unpaired) electrons. The van der Waals surface area contributed by atoms with Crippen molar-refractivity contribution < 1.29 is 19.1 Å². The van der Waals surface area contributed by atoms with Gasteiger partial charge in [0.1, 0.15) is 19.3 Å². The summed E-state index contributed by atoms with van der Waals surface area (Å²) in [4.78, 5) is 30.6. The van der Waals surface area contributed by atoms with E-state index in [0.717, 1.165) is 41.7 Å². The quantitative estimate of drug-likeness (QED) is 0.455. The molecule has 1 fully saturated rings. The van der Waals surface area contributed by atoms with Gasteiger partial charge in [-0.1, -0.05) is 49.6 Å². The van der Waals surface area contributed by atoms with Crippen LogP contribution in [0, 0.1) is 6.92 Å². The van der Waals surface area contributed by atoms with Crippen LogP contribution in [0.2, 0.25) is 0 Å². The van der Waals surface area contributed by atoms with E-state index in [4.69, 9.17) is 9.47 Å². The SMILES string of the molecule is Cc1ccccc1C(C(=O)NC1CCCCC1)N(C(=O)Cc1cccs1)c1ccc2c(c1)OCCO2. The minimum atomic E-state index is -0.803. The lowest BCUT2D eigenvalue weighted by molar-refractivity contribution is -0.127. The van der Waals surface area contributed by atoms with E-state index in [2.05, 4.69) is 5.32 Å². The number of thiophene rings is 1. The van der Waals surface area contributed by atoms with Gasteiger partial charge >= 0.3 is 0 Å². The standard InChI is InChI=1S/C29H32N2O4S/c1-20-8-5-6-12-24(20)28(29(33)30-21-9-3-2-4-10-21)31(27(32)19-23-11-7-17-36-23)22-13-14-25-26(18-22)35-16-15-34-25/h5-8,11-14,17-18,21,28H,2-4,9-10,15-16,19H2,1H3,(H,30,33). The van der Waals surface area contributed by atoms with Crippen molar-refractivity contribution in [1.29, 1.82) is 0 Å². The van der Waals surface area contributed by atoms with Crippen LogP contribution < -0.4 is 19.7 Å². The van der Waals surface area contributed by atoms with Gasteiger partial charge in [0.15, 0.2) is 11.5 Å². The van der Waals surface area contributed by atoms with E-state index in [1.807, 2.05) is 66.9 Å². The molecule has 1 unspecified atom stereocenters. The van der Waals surface area contributed by atoms with Crippen LogP contribution in [-0.2, 0) is 16.0 Å². The molecule has 1 atom stereocenters. The zero-order valence-electron chi connectivity index (χ0n) is 20.6. The van der Waals surface area contributed by atoms with Crippen molar-refractivity contribution in [3.63, 3.8) is 0 Å². The summed E-state index contributed by atoms with van der Waals surface area (Å²) in [6.45, 7) is 2.92. The second-order valence-electron chi connectivity index (χ2n) is 9.45. The van der Waals surface area contributed by atoms with Crippen LogP contribution in [-0.4, -0.2) is 31.1 Å². The lowest BCUT2D eigenvalue weighted by atomic mass is 9.93. The van der Waals surface area contributed by atoms with Gasteiger partial charge in [0.05, 0.1) is 6.42 Å². The van der Waals surface area contributed by atoms with Gasteiger partial charge in [-0.15, -0.1) is 11.3 Å². The number of ether oxygens (including phenoxy) is 2. The molecule has 36 heavy (non-hydrogen) atoms. The van der Waals surface area contributed by atoms with Gasteiger partial charge in [-0.05, 0) is 54.5 Å². The molecule has 1 N–H and O–H groups in total. The zero-order chi connectivity index (χ0) is 24.9. The fourth-order valence-electron chi connectivity index (χ4n) is 5.08. The van der Waals surface area contributed by atoms with Crippen molar-refractivity contribution in [3.05, 3.63) is 76.0 Å². The fourth-order valence-corrected chi connectivity index (χ4v) is 5.78. The molecule has 188 valence electrons. The molecule has 2 heterocycles. The molecule has 5 rings (SSSR count). The number of rotatable bonds is 7. The summed E-state index contributed by atoms with van der Waals surface area (Å²) in [5, 5.41) is 5.25. The Morgan fingerprint density at radius 3 is 2.53 bits per heavy atom. The first-order valence-corrected chi connectivity index (χ1v) is 13.6. The van der Waals surface area contributed by atoms with Gasteiger partial charge in [-0.25, -0.2) is 0 Å². The number of nitrogens with zero attached hydrogens (tertiary/aromatic N) is 1. The normalized spacial score (nSPS) is 16.2. The van der Waals surface area contributed by atoms with Crippen LogP contribution in [0.25, 0.3) is 0 Å². The number of anilines is 1. The third-order valence-corrected chi connectivity index (χ3v) is 7.80. The average molecular weight is 505 g/mol. The highest BCUT2D eigenvalue weighted by atomic mass is 32.1. The van der Waals surface area contributed by atoms with Crippen molar-refractivity contribution in [3.8, 4) is 11.5 Å². The second-order valence-corrected chi connectivity index (χ2v) is 10.5. The van der Waals surface area contributed by atoms with Crippen molar-refractivity contribution >= 4 is 28.8 Å². The second kappa shape index (κ2) is 11.2. The third kappa shape index (κ3) is 5.41. The Hall–Kier alpha value is -3.32. The molecule has 3 aromatic rings. The number of carbonyl (C=O) groups is 2. The predicted octanol–water partition coefficient (Wildman–Crippen LogP) is 5.59. The summed E-state index contributed by atoms with van der Waals surface area (Å²) >= 11 is 1.54. The molecule has 0 bridgehead atoms. The monoisotopic (exact) mass is 504 g/mol. The number of amides is 2. The Labute approximate surface area is 216 Å². The molecule has 1 aliphatic heterocycles. The Balaban J connectivity index is 1.57. The Kier molecular flexibility index (Phi) is 7.56. The molecular weight excluding hydrogens is 472 g/mol. The van der Waals surface area contributed by atoms with E-state index < -0.39 is 6.04 Å². The third-order valence-electron chi connectivity index (χ3n) is 6.92. The van der Waals surface area contributed by atoms with Crippen LogP contribution in [0.4, 0.5) is 5.69 Å². The summed E-state index contributed by atoms with van der Waals surface area (Å²) in [5.41, 5.74) is 2.40. The van der Waals surface area contributed by atoms with Gasteiger partial charge in [0, 0.05) is 22.7 Å². The smallest absolute Gasteiger partial charge is 0.248 e. The van der Waals surface area contributed by atoms with E-state index in [9.17, 15) is 9.59 Å². The summed E-state index contributed by atoms with van der Waals surface area (Å²) < 4.78 is 11.5. The summed E-state index contributed by atoms with van der Waals surface area (Å²) in [6, 6.07) is 16.5. The number of benzene rings is 2. The number of fused-ring (bicyclic) bond motifs is 1. The van der Waals surface area contributed by atoms with Crippen molar-refractivity contribution in [2.24, 2.45) is 0 Å². The highest BCUT2D eigenvalue weighted by molar-refractivity contribution is 7.10. The van der Waals surface area contributed by atoms with Crippen LogP contribution >= 0.6 is 11.3 Å². The number of hydrogen-bond acceptors (Lipinski definition) is 5. The zero-order valence-corrected chi connectivity index (χ0v) is 21.4. The van der Waals surface area contributed by atoms with Crippen molar-refractivity contribution in [2.75, 3.05) is 18.1 Å². The predicted molar refractivity (Wildman–Crippen MR) is 142 cm³/mol. The molecular formula is C29H32N2O4S. The topological polar surface area (TPSA) is 67.9 Å². The first-order valence-electron chi connectivity index (χ1n) is 12.7. The molecule has 1 aliphatic carbocycles. The van der Waals surface area contributed by atoms with Crippen LogP contribution in [0.5, 0.6) is 11.5 Å². The Bertz CT molecular complexity index is 1200. The molecule has 2 amide bonds. The number of hydrogen-bond donors (Lipinski definition) is 1. The fraction of sp³-hybridized carbons (Fsp3) is 0.379.